The van der Waals surface area contributed by atoms with Gasteiger partial charge in [-0.05, 0) is 29.7 Å². The number of ether oxygens (including phenoxy) is 1. The fourth-order valence-corrected chi connectivity index (χ4v) is 2.22. The van der Waals surface area contributed by atoms with Crippen molar-refractivity contribution in [2.45, 2.75) is 6.42 Å². The van der Waals surface area contributed by atoms with Gasteiger partial charge < -0.3 is 9.84 Å². The van der Waals surface area contributed by atoms with Crippen molar-refractivity contribution in [1.29, 1.82) is 0 Å². The first-order chi connectivity index (χ1) is 10.7. The van der Waals surface area contributed by atoms with Crippen LogP contribution < -0.4 is 4.74 Å². The molecule has 22 heavy (non-hydrogen) atoms. The molecule has 0 aliphatic rings. The highest BCUT2D eigenvalue weighted by atomic mass is 16.5. The molecule has 2 aromatic rings. The van der Waals surface area contributed by atoms with E-state index < -0.39 is 5.97 Å². The Morgan fingerprint density at radius 3 is 2.55 bits per heavy atom. The minimum absolute atomic E-state index is 0.202. The first-order valence-corrected chi connectivity index (χ1v) is 6.94. The van der Waals surface area contributed by atoms with Crippen molar-refractivity contribution in [3.8, 4) is 5.75 Å². The summed E-state index contributed by atoms with van der Waals surface area (Å²) >= 11 is 0. The van der Waals surface area contributed by atoms with Crippen molar-refractivity contribution in [2.75, 3.05) is 7.11 Å². The van der Waals surface area contributed by atoms with Gasteiger partial charge in [-0.2, -0.15) is 0 Å². The molecule has 0 bridgehead atoms. The molecule has 0 saturated carbocycles. The molecule has 0 aromatic heterocycles. The summed E-state index contributed by atoms with van der Waals surface area (Å²) in [6.07, 6.45) is 4.15. The maximum Gasteiger partial charge on any atom is 0.336 e. The summed E-state index contributed by atoms with van der Waals surface area (Å²) in [5, 5.41) is 9.54. The van der Waals surface area contributed by atoms with Crippen LogP contribution in [0.5, 0.6) is 5.75 Å². The number of carbonyl (C=O) groups is 1. The molecule has 2 rings (SSSR count). The Labute approximate surface area is 130 Å². The number of hydrogen-bond acceptors (Lipinski definition) is 2. The average molecular weight is 294 g/mol. The second-order valence-electron chi connectivity index (χ2n) is 4.80. The Kier molecular flexibility index (Phi) is 5.15. The summed E-state index contributed by atoms with van der Waals surface area (Å²) in [7, 11) is 1.54. The summed E-state index contributed by atoms with van der Waals surface area (Å²) < 4.78 is 5.36. The number of aliphatic carboxylic acids is 1. The minimum Gasteiger partial charge on any atom is -0.496 e. The summed E-state index contributed by atoms with van der Waals surface area (Å²) in [5.74, 6) is -0.442. The molecule has 1 N–H and O–H groups in total. The van der Waals surface area contributed by atoms with Crippen molar-refractivity contribution in [2.24, 2.45) is 0 Å². The van der Waals surface area contributed by atoms with Gasteiger partial charge in [-0.1, -0.05) is 48.5 Å². The van der Waals surface area contributed by atoms with Gasteiger partial charge in [-0.3, -0.25) is 0 Å². The van der Waals surface area contributed by atoms with Crippen LogP contribution in [0.2, 0.25) is 0 Å². The van der Waals surface area contributed by atoms with Crippen LogP contribution in [0.25, 0.3) is 11.6 Å². The van der Waals surface area contributed by atoms with Gasteiger partial charge in [0.05, 0.1) is 12.7 Å². The second-order valence-corrected chi connectivity index (χ2v) is 4.80. The third kappa shape index (κ3) is 3.64. The normalized spacial score (nSPS) is 11.0. The van der Waals surface area contributed by atoms with E-state index in [0.717, 1.165) is 11.1 Å². The molecule has 0 unspecified atom stereocenters. The monoisotopic (exact) mass is 294 g/mol. The van der Waals surface area contributed by atoms with Crippen LogP contribution in [0, 0.1) is 0 Å². The van der Waals surface area contributed by atoms with E-state index in [9.17, 15) is 9.90 Å². The van der Waals surface area contributed by atoms with Gasteiger partial charge >= 0.3 is 5.97 Å². The van der Waals surface area contributed by atoms with Crippen LogP contribution in [0.15, 0.2) is 61.2 Å². The average Bonchev–Trinajstić information content (AvgIpc) is 2.54. The van der Waals surface area contributed by atoms with E-state index in [1.54, 1.807) is 25.3 Å². The molecule has 0 amide bonds. The highest BCUT2D eigenvalue weighted by Crippen LogP contribution is 2.29. The molecule has 0 spiro atoms. The van der Waals surface area contributed by atoms with Crippen LogP contribution in [0.4, 0.5) is 0 Å². The van der Waals surface area contributed by atoms with Crippen LogP contribution in [-0.2, 0) is 11.2 Å². The van der Waals surface area contributed by atoms with E-state index >= 15 is 0 Å². The molecule has 2 aromatic carbocycles. The lowest BCUT2D eigenvalue weighted by Gasteiger charge is -2.11. The number of carboxylic acids is 1. The zero-order chi connectivity index (χ0) is 15.9. The lowest BCUT2D eigenvalue weighted by atomic mass is 9.99. The first kappa shape index (κ1) is 15.6. The Balaban J connectivity index is 2.51. The fourth-order valence-electron chi connectivity index (χ4n) is 2.22. The molecule has 0 fully saturated rings. The lowest BCUT2D eigenvalue weighted by molar-refractivity contribution is -0.130. The third-order valence-corrected chi connectivity index (χ3v) is 3.28. The van der Waals surface area contributed by atoms with Gasteiger partial charge in [0.2, 0.25) is 0 Å². The SMILES string of the molecule is C=CCc1ccc(C(=Cc2ccccc2)C(=O)O)c(OC)c1. The molecule has 112 valence electrons. The van der Waals surface area contributed by atoms with E-state index in [1.165, 1.54) is 0 Å². The quantitative estimate of drug-likeness (QED) is 0.496. The number of rotatable bonds is 6. The smallest absolute Gasteiger partial charge is 0.336 e. The fraction of sp³-hybridized carbons (Fsp3) is 0.105. The second kappa shape index (κ2) is 7.27. The molecule has 0 saturated heterocycles. The lowest BCUT2D eigenvalue weighted by Crippen LogP contribution is -2.02. The van der Waals surface area contributed by atoms with Crippen LogP contribution in [0.1, 0.15) is 16.7 Å². The molecular weight excluding hydrogens is 276 g/mol. The minimum atomic E-state index is -0.987. The first-order valence-electron chi connectivity index (χ1n) is 6.94. The van der Waals surface area contributed by atoms with Crippen molar-refractivity contribution in [1.82, 2.24) is 0 Å². The maximum absolute atomic E-state index is 11.6. The van der Waals surface area contributed by atoms with Gasteiger partial charge in [0.25, 0.3) is 0 Å². The number of carboxylic acid groups (broad SMARTS) is 1. The Hall–Kier alpha value is -2.81. The van der Waals surface area contributed by atoms with Gasteiger partial charge in [0.15, 0.2) is 0 Å². The van der Waals surface area contributed by atoms with Crippen LogP contribution >= 0.6 is 0 Å². The topological polar surface area (TPSA) is 46.5 Å². The van der Waals surface area contributed by atoms with Crippen LogP contribution in [-0.4, -0.2) is 18.2 Å². The summed E-state index contributed by atoms with van der Waals surface area (Å²) in [4.78, 5) is 11.6. The Morgan fingerprint density at radius 1 is 1.23 bits per heavy atom. The van der Waals surface area contributed by atoms with E-state index in [-0.39, 0.29) is 5.57 Å². The van der Waals surface area contributed by atoms with Crippen LogP contribution in [0.3, 0.4) is 0 Å². The standard InChI is InChI=1S/C19H18O3/c1-3-7-14-10-11-16(18(13-14)22-2)17(19(20)21)12-15-8-5-4-6-9-15/h3-6,8-13H,1,7H2,2H3,(H,20,21). The number of hydrogen-bond donors (Lipinski definition) is 1. The zero-order valence-corrected chi connectivity index (χ0v) is 12.5. The molecule has 0 heterocycles. The highest BCUT2D eigenvalue weighted by Gasteiger charge is 2.15. The molecule has 0 aliphatic carbocycles. The van der Waals surface area contributed by atoms with E-state index in [4.69, 9.17) is 4.74 Å². The molecule has 3 nitrogen and oxygen atoms in total. The predicted molar refractivity (Wildman–Crippen MR) is 88.8 cm³/mol. The molecule has 0 atom stereocenters. The maximum atomic E-state index is 11.6. The van der Waals surface area contributed by atoms with Crippen molar-refractivity contribution < 1.29 is 14.6 Å². The van der Waals surface area contributed by atoms with Crippen molar-refractivity contribution in [3.63, 3.8) is 0 Å². The molecule has 3 heteroatoms. The molecule has 0 radical (unpaired) electrons. The summed E-state index contributed by atoms with van der Waals surface area (Å²) in [6.45, 7) is 3.71. The van der Waals surface area contributed by atoms with Gasteiger partial charge in [-0.25, -0.2) is 4.79 Å². The number of methoxy groups -OCH3 is 1. The zero-order valence-electron chi connectivity index (χ0n) is 12.5. The van der Waals surface area contributed by atoms with E-state index in [2.05, 4.69) is 6.58 Å². The van der Waals surface area contributed by atoms with Crippen molar-refractivity contribution in [3.05, 3.63) is 77.9 Å². The largest absolute Gasteiger partial charge is 0.496 e. The van der Waals surface area contributed by atoms with E-state index in [1.807, 2.05) is 42.5 Å². The molecule has 0 aliphatic heterocycles. The summed E-state index contributed by atoms with van der Waals surface area (Å²) in [6, 6.07) is 14.9. The van der Waals surface area contributed by atoms with E-state index in [0.29, 0.717) is 17.7 Å². The summed E-state index contributed by atoms with van der Waals surface area (Å²) in [5.41, 5.74) is 2.62. The number of allylic oxidation sites excluding steroid dienone is 1. The van der Waals surface area contributed by atoms with Crippen molar-refractivity contribution >= 4 is 17.6 Å². The van der Waals surface area contributed by atoms with Gasteiger partial charge in [0, 0.05) is 5.56 Å². The number of benzene rings is 2. The molecular formula is C19H18O3. The Bertz CT molecular complexity index is 700. The van der Waals surface area contributed by atoms with Gasteiger partial charge in [0.1, 0.15) is 5.75 Å². The van der Waals surface area contributed by atoms with Gasteiger partial charge in [-0.15, -0.1) is 6.58 Å². The third-order valence-electron chi connectivity index (χ3n) is 3.28. The Morgan fingerprint density at radius 2 is 1.95 bits per heavy atom. The highest BCUT2D eigenvalue weighted by molar-refractivity contribution is 6.21. The predicted octanol–water partition coefficient (Wildman–Crippen LogP) is 4.05.